The van der Waals surface area contributed by atoms with Crippen molar-refractivity contribution < 1.29 is 35.3 Å². The highest BCUT2D eigenvalue weighted by molar-refractivity contribution is 7.88. The van der Waals surface area contributed by atoms with Crippen molar-refractivity contribution in [2.24, 2.45) is 0 Å². The molecule has 178 valence electrons. The predicted octanol–water partition coefficient (Wildman–Crippen LogP) is 3.24. The SMILES string of the molecule is O=C(N[C@@H]1COc2cccc(CN3CCCC3)c2C1)c1ccc(OS(=O)(=O)C(F)(F)F)cc1. The first-order chi connectivity index (χ1) is 15.6. The lowest BCUT2D eigenvalue weighted by Crippen LogP contribution is -2.43. The first kappa shape index (κ1) is 23.4. The van der Waals surface area contributed by atoms with Gasteiger partial charge in [0.05, 0.1) is 6.04 Å². The zero-order chi connectivity index (χ0) is 23.6. The average molecular weight is 484 g/mol. The lowest BCUT2D eigenvalue weighted by atomic mass is 9.96. The zero-order valence-corrected chi connectivity index (χ0v) is 18.4. The van der Waals surface area contributed by atoms with Gasteiger partial charge in [0.25, 0.3) is 5.91 Å². The number of nitrogens with zero attached hydrogens (tertiary/aromatic N) is 1. The maximum atomic E-state index is 12.6. The molecule has 1 fully saturated rings. The van der Waals surface area contributed by atoms with E-state index in [1.165, 1.54) is 30.5 Å². The Labute approximate surface area is 189 Å². The van der Waals surface area contributed by atoms with Crippen molar-refractivity contribution in [3.8, 4) is 11.5 Å². The van der Waals surface area contributed by atoms with Crippen LogP contribution < -0.4 is 14.2 Å². The van der Waals surface area contributed by atoms with Gasteiger partial charge in [-0.15, -0.1) is 0 Å². The molecule has 0 aliphatic carbocycles. The molecule has 0 spiro atoms. The number of fused-ring (bicyclic) bond motifs is 1. The van der Waals surface area contributed by atoms with Crippen LogP contribution in [0, 0.1) is 0 Å². The molecule has 0 aromatic heterocycles. The van der Waals surface area contributed by atoms with Crippen LogP contribution in [0.4, 0.5) is 13.2 Å². The highest BCUT2D eigenvalue weighted by Gasteiger charge is 2.48. The molecule has 0 unspecified atom stereocenters. The van der Waals surface area contributed by atoms with Crippen LogP contribution in [0.2, 0.25) is 0 Å². The minimum absolute atomic E-state index is 0.155. The van der Waals surface area contributed by atoms with Crippen molar-refractivity contribution in [1.29, 1.82) is 0 Å². The van der Waals surface area contributed by atoms with Crippen molar-refractivity contribution in [2.45, 2.75) is 37.4 Å². The van der Waals surface area contributed by atoms with Gasteiger partial charge in [-0.05, 0) is 68.2 Å². The number of halogens is 3. The second kappa shape index (κ2) is 9.22. The molecule has 4 rings (SSSR count). The summed E-state index contributed by atoms with van der Waals surface area (Å²) in [6.07, 6.45) is 2.97. The number of amides is 1. The summed E-state index contributed by atoms with van der Waals surface area (Å²) in [5.41, 5.74) is -3.15. The summed E-state index contributed by atoms with van der Waals surface area (Å²) in [6, 6.07) is 10.1. The van der Waals surface area contributed by atoms with Gasteiger partial charge in [-0.25, -0.2) is 0 Å². The molecule has 7 nitrogen and oxygen atoms in total. The van der Waals surface area contributed by atoms with Gasteiger partial charge in [-0.2, -0.15) is 21.6 Å². The van der Waals surface area contributed by atoms with E-state index in [2.05, 4.69) is 20.5 Å². The molecule has 0 radical (unpaired) electrons. The van der Waals surface area contributed by atoms with Crippen molar-refractivity contribution in [3.63, 3.8) is 0 Å². The molecule has 1 atom stereocenters. The van der Waals surface area contributed by atoms with Gasteiger partial charge in [-0.3, -0.25) is 9.69 Å². The molecule has 0 saturated carbocycles. The Morgan fingerprint density at radius 2 is 1.82 bits per heavy atom. The van der Waals surface area contributed by atoms with Gasteiger partial charge in [0, 0.05) is 17.7 Å². The number of likely N-dealkylation sites (tertiary alicyclic amines) is 1. The average Bonchev–Trinajstić information content (AvgIpc) is 3.27. The highest BCUT2D eigenvalue weighted by atomic mass is 32.2. The van der Waals surface area contributed by atoms with E-state index >= 15 is 0 Å². The standard InChI is InChI=1S/C22H23F3N2O5S/c23-22(24,25)33(29,30)32-18-8-6-15(7-9-18)21(28)26-17-12-19-16(13-27-10-1-2-11-27)4-3-5-20(19)31-14-17/h3-9,17H,1-2,10-14H2,(H,26,28)/t17-/m0/s1. The first-order valence-corrected chi connectivity index (χ1v) is 11.9. The second-order valence-electron chi connectivity index (χ2n) is 8.07. The van der Waals surface area contributed by atoms with Crippen LogP contribution in [-0.4, -0.2) is 50.5 Å². The Balaban J connectivity index is 1.40. The van der Waals surface area contributed by atoms with Crippen molar-refractivity contribution >= 4 is 16.0 Å². The monoisotopic (exact) mass is 484 g/mol. The number of alkyl halides is 3. The number of hydrogen-bond acceptors (Lipinski definition) is 6. The van der Waals surface area contributed by atoms with Crippen molar-refractivity contribution in [1.82, 2.24) is 10.2 Å². The van der Waals surface area contributed by atoms with Crippen LogP contribution in [0.5, 0.6) is 11.5 Å². The number of rotatable bonds is 6. The number of carbonyl (C=O) groups is 1. The molecule has 1 saturated heterocycles. The third kappa shape index (κ3) is 5.41. The van der Waals surface area contributed by atoms with E-state index in [-0.39, 0.29) is 18.2 Å². The number of ether oxygens (including phenoxy) is 1. The third-order valence-corrected chi connectivity index (χ3v) is 6.63. The van der Waals surface area contributed by atoms with Gasteiger partial charge in [0.1, 0.15) is 18.1 Å². The molecule has 11 heteroatoms. The van der Waals surface area contributed by atoms with Crippen LogP contribution in [0.3, 0.4) is 0 Å². The van der Waals surface area contributed by atoms with Crippen molar-refractivity contribution in [2.75, 3.05) is 19.7 Å². The molecule has 2 aromatic carbocycles. The summed E-state index contributed by atoms with van der Waals surface area (Å²) >= 11 is 0. The van der Waals surface area contributed by atoms with E-state index in [9.17, 15) is 26.4 Å². The van der Waals surface area contributed by atoms with Gasteiger partial charge >= 0.3 is 15.6 Å². The lowest BCUT2D eigenvalue weighted by Gasteiger charge is -2.29. The summed E-state index contributed by atoms with van der Waals surface area (Å²) in [6.45, 7) is 3.25. The summed E-state index contributed by atoms with van der Waals surface area (Å²) in [7, 11) is -5.77. The van der Waals surface area contributed by atoms with E-state index in [1.54, 1.807) is 0 Å². The fraction of sp³-hybridized carbons (Fsp3) is 0.409. The molecule has 2 heterocycles. The fourth-order valence-corrected chi connectivity index (χ4v) is 4.46. The van der Waals surface area contributed by atoms with Crippen LogP contribution in [0.15, 0.2) is 42.5 Å². The van der Waals surface area contributed by atoms with E-state index < -0.39 is 27.3 Å². The molecule has 2 aliphatic rings. The normalized spacial score (nSPS) is 18.9. The molecule has 0 bridgehead atoms. The smallest absolute Gasteiger partial charge is 0.491 e. The Hall–Kier alpha value is -2.79. The highest BCUT2D eigenvalue weighted by Crippen LogP contribution is 2.30. The Bertz CT molecular complexity index is 1110. The molecule has 1 N–H and O–H groups in total. The molecular weight excluding hydrogens is 461 g/mol. The van der Waals surface area contributed by atoms with E-state index in [0.29, 0.717) is 6.42 Å². The quantitative estimate of drug-likeness (QED) is 0.501. The largest absolute Gasteiger partial charge is 0.534 e. The Morgan fingerprint density at radius 1 is 1.12 bits per heavy atom. The summed E-state index contributed by atoms with van der Waals surface area (Å²) in [5.74, 6) is -0.177. The fourth-order valence-electron chi connectivity index (χ4n) is 4.00. The molecule has 2 aromatic rings. The van der Waals surface area contributed by atoms with Gasteiger partial charge in [0.2, 0.25) is 0 Å². The van der Waals surface area contributed by atoms with Crippen LogP contribution in [0.1, 0.15) is 34.3 Å². The molecule has 1 amide bonds. The van der Waals surface area contributed by atoms with E-state index in [0.717, 1.165) is 43.1 Å². The summed E-state index contributed by atoms with van der Waals surface area (Å²) in [4.78, 5) is 15.0. The van der Waals surface area contributed by atoms with E-state index in [1.807, 2.05) is 12.1 Å². The Kier molecular flexibility index (Phi) is 6.53. The van der Waals surface area contributed by atoms with Crippen molar-refractivity contribution in [3.05, 3.63) is 59.2 Å². The topological polar surface area (TPSA) is 84.9 Å². The number of carbonyl (C=O) groups excluding carboxylic acids is 1. The minimum atomic E-state index is -5.77. The maximum Gasteiger partial charge on any atom is 0.534 e. The number of benzene rings is 2. The molecule has 33 heavy (non-hydrogen) atoms. The summed E-state index contributed by atoms with van der Waals surface area (Å²) in [5, 5.41) is 2.87. The number of hydrogen-bond donors (Lipinski definition) is 1. The minimum Gasteiger partial charge on any atom is -0.491 e. The maximum absolute atomic E-state index is 12.6. The van der Waals surface area contributed by atoms with Gasteiger partial charge in [-0.1, -0.05) is 12.1 Å². The first-order valence-electron chi connectivity index (χ1n) is 10.5. The van der Waals surface area contributed by atoms with Crippen LogP contribution >= 0.6 is 0 Å². The molecular formula is C22H23F3N2O5S. The van der Waals surface area contributed by atoms with Crippen LogP contribution in [-0.2, 0) is 23.1 Å². The van der Waals surface area contributed by atoms with Gasteiger partial charge < -0.3 is 14.2 Å². The van der Waals surface area contributed by atoms with Crippen LogP contribution in [0.25, 0.3) is 0 Å². The van der Waals surface area contributed by atoms with E-state index in [4.69, 9.17) is 4.74 Å². The third-order valence-electron chi connectivity index (χ3n) is 5.65. The zero-order valence-electron chi connectivity index (χ0n) is 17.6. The predicted molar refractivity (Wildman–Crippen MR) is 113 cm³/mol. The molecule has 2 aliphatic heterocycles. The second-order valence-corrected chi connectivity index (χ2v) is 9.61. The summed E-state index contributed by atoms with van der Waals surface area (Å²) < 4.78 is 69.4. The number of nitrogens with one attached hydrogen (secondary N) is 1. The lowest BCUT2D eigenvalue weighted by molar-refractivity contribution is -0.0500. The van der Waals surface area contributed by atoms with Gasteiger partial charge in [0.15, 0.2) is 0 Å². The Morgan fingerprint density at radius 3 is 2.48 bits per heavy atom.